The molecule has 12 N–H and O–H groups in total. The number of hydrogen-bond donors (Lipinski definition) is 8. The zero-order chi connectivity index (χ0) is 39.4. The molecule has 0 aromatic heterocycles. The Morgan fingerprint density at radius 3 is 1.35 bits per heavy atom. The maximum absolute atomic E-state index is 13.7. The van der Waals surface area contributed by atoms with E-state index >= 15 is 0 Å². The molecule has 0 saturated carbocycles. The Labute approximate surface area is 304 Å². The van der Waals surface area contributed by atoms with Gasteiger partial charge in [0.15, 0.2) is 9.49 Å². The SMILES string of the molecule is [H]/N=N/C1=C(N)c2ccccc2C(c2ccc(-c3ccc(C4(S(=O)(=O)O)c5ccccc5C(N)=C(/N=N/[H])C4N)cc3CC)c(CC)c2)(S(=O)(=O)O)C1N. The second-order valence-corrected chi connectivity index (χ2v) is 15.9. The van der Waals surface area contributed by atoms with Crippen LogP contribution in [0.15, 0.2) is 107 Å². The maximum Gasteiger partial charge on any atom is 0.281 e. The Bertz CT molecular complexity index is 2370. The van der Waals surface area contributed by atoms with Gasteiger partial charge in [0.25, 0.3) is 20.2 Å². The third-order valence-electron chi connectivity index (χ3n) is 10.4. The van der Waals surface area contributed by atoms with Crippen molar-refractivity contribution in [3.05, 3.63) is 141 Å². The van der Waals surface area contributed by atoms with E-state index in [2.05, 4.69) is 21.3 Å². The molecule has 270 valence electrons. The molecule has 2 aliphatic carbocycles. The van der Waals surface area contributed by atoms with Crippen molar-refractivity contribution in [3.8, 4) is 11.1 Å². The van der Waals surface area contributed by atoms with Gasteiger partial charge in [-0.2, -0.15) is 27.1 Å². The van der Waals surface area contributed by atoms with Crippen LogP contribution >= 0.6 is 0 Å². The highest BCUT2D eigenvalue weighted by molar-refractivity contribution is 7.87. The Morgan fingerprint density at radius 1 is 0.654 bits per heavy atom. The van der Waals surface area contributed by atoms with Crippen molar-refractivity contribution < 1.29 is 28.8 Å². The van der Waals surface area contributed by atoms with Crippen LogP contribution in [0.4, 0.5) is 0 Å². The molecule has 0 heterocycles. The third-order valence-corrected chi connectivity index (χ3v) is 13.4. The molecule has 6 rings (SSSR count). The van der Waals surface area contributed by atoms with Crippen LogP contribution < -0.4 is 22.9 Å². The molecule has 4 aromatic carbocycles. The zero-order valence-corrected chi connectivity index (χ0v) is 29.7. The third kappa shape index (κ3) is 4.90. The number of hydrogen-bond acceptors (Lipinski definition) is 12. The molecule has 52 heavy (non-hydrogen) atoms. The molecule has 4 aromatic rings. The van der Waals surface area contributed by atoms with Gasteiger partial charge in [-0.3, -0.25) is 9.11 Å². The van der Waals surface area contributed by atoms with Gasteiger partial charge in [-0.15, -0.1) is 0 Å². The largest absolute Gasteiger partial charge is 0.397 e. The summed E-state index contributed by atoms with van der Waals surface area (Å²) in [4.78, 5) is 0. The van der Waals surface area contributed by atoms with Gasteiger partial charge in [0.2, 0.25) is 2.82 Å². The van der Waals surface area contributed by atoms with Gasteiger partial charge in [0, 0.05) is 11.1 Å². The van der Waals surface area contributed by atoms with E-state index < -0.39 is 41.8 Å². The van der Waals surface area contributed by atoms with Crippen molar-refractivity contribution in [1.82, 2.24) is 0 Å². The van der Waals surface area contributed by atoms with Gasteiger partial charge in [0.1, 0.15) is 11.4 Å². The molecular formula is C36H38N8O6S2. The normalized spacial score (nSPS) is 24.2. The maximum atomic E-state index is 13.7. The molecule has 0 amide bonds. The van der Waals surface area contributed by atoms with E-state index in [0.29, 0.717) is 35.1 Å². The smallest absolute Gasteiger partial charge is 0.281 e. The van der Waals surface area contributed by atoms with E-state index in [1.165, 1.54) is 24.3 Å². The van der Waals surface area contributed by atoms with Gasteiger partial charge in [-0.1, -0.05) is 98.8 Å². The lowest BCUT2D eigenvalue weighted by molar-refractivity contribution is 0.422. The highest BCUT2D eigenvalue weighted by atomic mass is 32.2. The molecule has 2 aliphatic rings. The number of benzene rings is 4. The minimum Gasteiger partial charge on any atom is -0.397 e. The Balaban J connectivity index is 1.59. The van der Waals surface area contributed by atoms with Crippen molar-refractivity contribution in [2.75, 3.05) is 0 Å². The fraction of sp³-hybridized carbons (Fsp3) is 0.222. The molecule has 4 unspecified atom stereocenters. The molecule has 16 heteroatoms. The van der Waals surface area contributed by atoms with E-state index in [1.54, 1.807) is 60.7 Å². The van der Waals surface area contributed by atoms with Crippen LogP contribution in [-0.2, 0) is 42.6 Å². The highest BCUT2D eigenvalue weighted by Gasteiger charge is 2.58. The lowest BCUT2D eigenvalue weighted by Gasteiger charge is -2.42. The predicted octanol–water partition coefficient (Wildman–Crippen LogP) is 4.74. The van der Waals surface area contributed by atoms with Gasteiger partial charge in [0.05, 0.1) is 23.5 Å². The molecule has 0 saturated heterocycles. The molecule has 0 fully saturated rings. The van der Waals surface area contributed by atoms with Gasteiger partial charge in [-0.25, -0.2) is 11.0 Å². The van der Waals surface area contributed by atoms with Gasteiger partial charge < -0.3 is 22.9 Å². The van der Waals surface area contributed by atoms with Crippen molar-refractivity contribution in [1.29, 1.82) is 11.0 Å². The predicted molar refractivity (Wildman–Crippen MR) is 197 cm³/mol. The average molecular weight is 743 g/mol. The summed E-state index contributed by atoms with van der Waals surface area (Å²) in [6, 6.07) is 19.2. The van der Waals surface area contributed by atoms with Crippen LogP contribution in [-0.4, -0.2) is 38.0 Å². The number of nitrogens with two attached hydrogens (primary N) is 4. The van der Waals surface area contributed by atoms with Crippen LogP contribution in [0.25, 0.3) is 22.5 Å². The van der Waals surface area contributed by atoms with E-state index in [4.69, 9.17) is 25.8 Å². The van der Waals surface area contributed by atoms with Gasteiger partial charge >= 0.3 is 0 Å². The van der Waals surface area contributed by atoms with Crippen molar-refractivity contribution >= 4 is 31.6 Å². The summed E-state index contributed by atoms with van der Waals surface area (Å²) in [5, 5.41) is 7.53. The summed E-state index contributed by atoms with van der Waals surface area (Å²) < 4.78 is 86.9. The topological polar surface area (TPSA) is 285 Å². The second kappa shape index (κ2) is 12.8. The van der Waals surface area contributed by atoms with Gasteiger partial charge in [-0.05, 0) is 57.3 Å². The Hall–Kier alpha value is -5.10. The zero-order valence-electron chi connectivity index (χ0n) is 30.1. The summed E-state index contributed by atoms with van der Waals surface area (Å²) in [5.74, 6) is 0. The number of nitrogens with zero attached hydrogens (tertiary/aromatic N) is 2. The number of fused-ring (bicyclic) bond motifs is 2. The number of rotatable bonds is 9. The monoisotopic (exact) mass is 742 g/mol. The summed E-state index contributed by atoms with van der Waals surface area (Å²) >= 11 is 0. The average Bonchev–Trinajstić information content (AvgIpc) is 3.14. The molecule has 4 atom stereocenters. The minimum atomic E-state index is -5.08. The van der Waals surface area contributed by atoms with Crippen molar-refractivity contribution in [3.63, 3.8) is 0 Å². The van der Waals surface area contributed by atoms with E-state index in [0.717, 1.165) is 0 Å². The molecular weight excluding hydrogens is 705 g/mol. The summed E-state index contributed by atoms with van der Waals surface area (Å²) in [7, 11) is -10.2. The molecule has 0 bridgehead atoms. The second-order valence-electron chi connectivity index (χ2n) is 12.7. The first kappa shape index (κ1) is 34.0. The van der Waals surface area contributed by atoms with E-state index in [9.17, 15) is 25.9 Å². The fourth-order valence-corrected chi connectivity index (χ4v) is 10.6. The van der Waals surface area contributed by atoms with E-state index in [-0.39, 0.29) is 56.2 Å². The summed E-state index contributed by atoms with van der Waals surface area (Å²) in [6.07, 6.45) is 0.755. The quantitative estimate of drug-likeness (QED) is 0.0861. The molecule has 0 radical (unpaired) electrons. The van der Waals surface area contributed by atoms with Crippen molar-refractivity contribution in [2.24, 2.45) is 33.2 Å². The molecule has 0 spiro atoms. The Morgan fingerprint density at radius 2 is 1.02 bits per heavy atom. The summed E-state index contributed by atoms with van der Waals surface area (Å²) in [5.41, 5.74) is 35.4. The first-order valence-electron chi connectivity index (χ1n) is 17.1. The Kier molecular flexibility index (Phi) is 8.40. The first-order valence-corrected chi connectivity index (χ1v) is 19.1. The van der Waals surface area contributed by atoms with Crippen molar-refractivity contribution in [2.45, 2.75) is 48.3 Å². The van der Waals surface area contributed by atoms with Crippen LogP contribution in [0, 0.1) is 11.0 Å². The minimum absolute atomic E-state index is 0.0180. The van der Waals surface area contributed by atoms with Crippen LogP contribution in [0.3, 0.4) is 0 Å². The standard InChI is InChI=1S/C36H38N8O6S2/c1-3-19-17-21(35(51(45,46)47)27-11-7-5-9-25(27)29(37)31(43-41)33(35)39)13-15-23(19)24-16-14-22(18-20(24)4-2)36(52(48,49)50)28-12-8-6-10-26(28)30(38)32(44-42)34(36)40/h5-18,33-34,41-42H,3-4,37-40H2,1-2H3,(H,45,46,47)(H,48,49,50)/b43-41+,44-42+. The number of aryl methyl sites for hydroxylation is 2. The summed E-state index contributed by atoms with van der Waals surface area (Å²) in [6.45, 7) is 3.72. The molecule has 14 nitrogen and oxygen atoms in total. The highest BCUT2D eigenvalue weighted by Crippen LogP contribution is 2.51. The lowest BCUT2D eigenvalue weighted by atomic mass is 9.74. The van der Waals surface area contributed by atoms with Crippen LogP contribution in [0.2, 0.25) is 2.82 Å². The van der Waals surface area contributed by atoms with E-state index in [1.807, 2.05) is 13.8 Å². The number of nitrogens with one attached hydrogen (secondary N) is 2. The fourth-order valence-electron chi connectivity index (χ4n) is 7.97. The van der Waals surface area contributed by atoms with Crippen LogP contribution in [0.1, 0.15) is 58.4 Å². The molecule has 0 aliphatic heterocycles. The lowest BCUT2D eigenvalue weighted by Crippen LogP contribution is -2.55. The van der Waals surface area contributed by atoms with Crippen LogP contribution in [0.5, 0.6) is 0 Å². The first-order chi connectivity index (χ1) is 25.6.